The number of hydrogen-bond donors (Lipinski definition) is 1. The van der Waals surface area contributed by atoms with Crippen LogP contribution in [0, 0.1) is 6.92 Å². The van der Waals surface area contributed by atoms with Crippen LogP contribution < -0.4 is 5.32 Å². The first kappa shape index (κ1) is 10.2. The molecule has 0 bridgehead atoms. The van der Waals surface area contributed by atoms with E-state index in [9.17, 15) is 4.79 Å². The lowest BCUT2D eigenvalue weighted by atomic mass is 10.1. The van der Waals surface area contributed by atoms with Gasteiger partial charge in [0.25, 0.3) is 0 Å². The van der Waals surface area contributed by atoms with E-state index in [4.69, 9.17) is 11.6 Å². The highest BCUT2D eigenvalue weighted by molar-refractivity contribution is 6.34. The molecule has 0 saturated heterocycles. The van der Waals surface area contributed by atoms with E-state index >= 15 is 0 Å². The molecule has 0 radical (unpaired) electrons. The smallest absolute Gasteiger partial charge is 0.178 e. The average molecular weight is 198 g/mol. The topological polar surface area (TPSA) is 29.1 Å². The highest BCUT2D eigenvalue weighted by Crippen LogP contribution is 2.17. The van der Waals surface area contributed by atoms with Crippen LogP contribution in [0.5, 0.6) is 0 Å². The molecule has 2 nitrogen and oxygen atoms in total. The Morgan fingerprint density at radius 1 is 1.54 bits per heavy atom. The second kappa shape index (κ2) is 4.40. The second-order valence-electron chi connectivity index (χ2n) is 2.94. The summed E-state index contributed by atoms with van der Waals surface area (Å²) in [6.07, 6.45) is 0. The van der Waals surface area contributed by atoms with Gasteiger partial charge in [0, 0.05) is 5.56 Å². The predicted molar refractivity (Wildman–Crippen MR) is 54.4 cm³/mol. The molecule has 0 aliphatic rings. The van der Waals surface area contributed by atoms with Crippen LogP contribution in [0.2, 0.25) is 5.02 Å². The quantitative estimate of drug-likeness (QED) is 0.752. The van der Waals surface area contributed by atoms with Crippen LogP contribution in [0.1, 0.15) is 15.9 Å². The van der Waals surface area contributed by atoms with Crippen molar-refractivity contribution in [2.75, 3.05) is 13.6 Å². The van der Waals surface area contributed by atoms with E-state index < -0.39 is 0 Å². The van der Waals surface area contributed by atoms with Crippen LogP contribution >= 0.6 is 11.6 Å². The molecular formula is C10H12ClNO. The summed E-state index contributed by atoms with van der Waals surface area (Å²) in [6, 6.07) is 5.44. The maximum Gasteiger partial charge on any atom is 0.178 e. The number of rotatable bonds is 3. The Bertz CT molecular complexity index is 323. The molecule has 0 amide bonds. The molecule has 3 heteroatoms. The summed E-state index contributed by atoms with van der Waals surface area (Å²) in [6.45, 7) is 2.26. The maximum atomic E-state index is 11.5. The highest BCUT2D eigenvalue weighted by atomic mass is 35.5. The van der Waals surface area contributed by atoms with Gasteiger partial charge in [-0.15, -0.1) is 0 Å². The third-order valence-electron chi connectivity index (χ3n) is 1.76. The zero-order chi connectivity index (χ0) is 9.84. The van der Waals surface area contributed by atoms with Gasteiger partial charge in [0.05, 0.1) is 11.6 Å². The molecule has 1 aromatic rings. The summed E-state index contributed by atoms with van der Waals surface area (Å²) in [5, 5.41) is 3.32. The third-order valence-corrected chi connectivity index (χ3v) is 2.09. The van der Waals surface area contributed by atoms with Crippen molar-refractivity contribution in [1.82, 2.24) is 5.32 Å². The Hall–Kier alpha value is -0.860. The largest absolute Gasteiger partial charge is 0.313 e. The molecule has 1 aromatic carbocycles. The van der Waals surface area contributed by atoms with E-state index in [1.165, 1.54) is 0 Å². The molecular weight excluding hydrogens is 186 g/mol. The van der Waals surface area contributed by atoms with Gasteiger partial charge in [-0.3, -0.25) is 4.79 Å². The normalized spacial score (nSPS) is 10.1. The fourth-order valence-electron chi connectivity index (χ4n) is 1.11. The number of carbonyl (C=O) groups is 1. The van der Waals surface area contributed by atoms with Gasteiger partial charge < -0.3 is 5.32 Å². The lowest BCUT2D eigenvalue weighted by Crippen LogP contribution is -2.18. The van der Waals surface area contributed by atoms with Gasteiger partial charge >= 0.3 is 0 Å². The Labute approximate surface area is 82.9 Å². The van der Waals surface area contributed by atoms with Crippen molar-refractivity contribution < 1.29 is 4.79 Å². The van der Waals surface area contributed by atoms with Gasteiger partial charge in [0.2, 0.25) is 0 Å². The number of hydrogen-bond acceptors (Lipinski definition) is 2. The molecule has 0 heterocycles. The van der Waals surface area contributed by atoms with E-state index in [1.807, 2.05) is 19.1 Å². The molecule has 70 valence electrons. The monoisotopic (exact) mass is 197 g/mol. The molecule has 0 fully saturated rings. The SMILES string of the molecule is CNCC(=O)c1cc(C)ccc1Cl. The first-order valence-electron chi connectivity index (χ1n) is 4.09. The number of nitrogens with one attached hydrogen (secondary N) is 1. The van der Waals surface area contributed by atoms with Crippen molar-refractivity contribution in [2.24, 2.45) is 0 Å². The summed E-state index contributed by atoms with van der Waals surface area (Å²) >= 11 is 5.88. The number of ketones is 1. The first-order chi connectivity index (χ1) is 6.15. The minimum absolute atomic E-state index is 0.0243. The summed E-state index contributed by atoms with van der Waals surface area (Å²) in [5.74, 6) is 0.0243. The number of halogens is 1. The second-order valence-corrected chi connectivity index (χ2v) is 3.34. The van der Waals surface area contributed by atoms with Crippen molar-refractivity contribution in [3.63, 3.8) is 0 Å². The molecule has 13 heavy (non-hydrogen) atoms. The third kappa shape index (κ3) is 2.54. The minimum Gasteiger partial charge on any atom is -0.313 e. The van der Waals surface area contributed by atoms with Crippen molar-refractivity contribution in [3.05, 3.63) is 34.3 Å². The van der Waals surface area contributed by atoms with Crippen LogP contribution in [0.15, 0.2) is 18.2 Å². The zero-order valence-electron chi connectivity index (χ0n) is 7.73. The molecule has 1 N–H and O–H groups in total. The van der Waals surface area contributed by atoms with Crippen molar-refractivity contribution in [2.45, 2.75) is 6.92 Å². The van der Waals surface area contributed by atoms with Crippen LogP contribution in [0.4, 0.5) is 0 Å². The Balaban J connectivity index is 2.99. The van der Waals surface area contributed by atoms with Crippen LogP contribution in [-0.4, -0.2) is 19.4 Å². The van der Waals surface area contributed by atoms with Crippen molar-refractivity contribution >= 4 is 17.4 Å². The van der Waals surface area contributed by atoms with Gasteiger partial charge in [0.1, 0.15) is 0 Å². The Morgan fingerprint density at radius 3 is 2.85 bits per heavy atom. The predicted octanol–water partition coefficient (Wildman–Crippen LogP) is 2.05. The molecule has 0 aliphatic heterocycles. The first-order valence-corrected chi connectivity index (χ1v) is 4.47. The number of likely N-dealkylation sites (N-methyl/N-ethyl adjacent to an activating group) is 1. The lowest BCUT2D eigenvalue weighted by molar-refractivity contribution is 0.0993. The fraction of sp³-hybridized carbons (Fsp3) is 0.300. The van der Waals surface area contributed by atoms with Gasteiger partial charge in [-0.2, -0.15) is 0 Å². The van der Waals surface area contributed by atoms with Crippen LogP contribution in [0.25, 0.3) is 0 Å². The fourth-order valence-corrected chi connectivity index (χ4v) is 1.33. The molecule has 0 aromatic heterocycles. The average Bonchev–Trinajstić information content (AvgIpc) is 2.09. The van der Waals surface area contributed by atoms with Gasteiger partial charge in [-0.1, -0.05) is 23.2 Å². The van der Waals surface area contributed by atoms with Gasteiger partial charge in [0.15, 0.2) is 5.78 Å². The Morgan fingerprint density at radius 2 is 2.23 bits per heavy atom. The number of Topliss-reactive ketones (excluding diaryl/α,β-unsaturated/α-hetero) is 1. The molecule has 1 rings (SSSR count). The molecule has 0 aliphatic carbocycles. The Kier molecular flexibility index (Phi) is 3.46. The van der Waals surface area contributed by atoms with Crippen LogP contribution in [-0.2, 0) is 0 Å². The highest BCUT2D eigenvalue weighted by Gasteiger charge is 2.08. The van der Waals surface area contributed by atoms with Gasteiger partial charge in [-0.25, -0.2) is 0 Å². The van der Waals surface area contributed by atoms with E-state index in [2.05, 4.69) is 5.32 Å². The molecule has 0 unspecified atom stereocenters. The van der Waals surface area contributed by atoms with Crippen LogP contribution in [0.3, 0.4) is 0 Å². The van der Waals surface area contributed by atoms with Gasteiger partial charge in [-0.05, 0) is 26.1 Å². The molecule has 0 saturated carbocycles. The van der Waals surface area contributed by atoms with Crippen molar-refractivity contribution in [1.29, 1.82) is 0 Å². The lowest BCUT2D eigenvalue weighted by Gasteiger charge is -2.03. The maximum absolute atomic E-state index is 11.5. The summed E-state index contributed by atoms with van der Waals surface area (Å²) in [5.41, 5.74) is 1.64. The molecule has 0 spiro atoms. The summed E-state index contributed by atoms with van der Waals surface area (Å²) in [4.78, 5) is 11.5. The summed E-state index contributed by atoms with van der Waals surface area (Å²) in [7, 11) is 1.74. The number of benzene rings is 1. The molecule has 0 atom stereocenters. The van der Waals surface area contributed by atoms with E-state index in [0.29, 0.717) is 17.1 Å². The van der Waals surface area contributed by atoms with E-state index in [1.54, 1.807) is 13.1 Å². The minimum atomic E-state index is 0.0243. The number of aryl methyl sites for hydroxylation is 1. The number of carbonyl (C=O) groups excluding carboxylic acids is 1. The van der Waals surface area contributed by atoms with Crippen molar-refractivity contribution in [3.8, 4) is 0 Å². The zero-order valence-corrected chi connectivity index (χ0v) is 8.48. The van der Waals surface area contributed by atoms with E-state index in [0.717, 1.165) is 5.56 Å². The van der Waals surface area contributed by atoms with E-state index in [-0.39, 0.29) is 5.78 Å². The standard InChI is InChI=1S/C10H12ClNO/c1-7-3-4-9(11)8(5-7)10(13)6-12-2/h3-5,12H,6H2,1-2H3. The summed E-state index contributed by atoms with van der Waals surface area (Å²) < 4.78 is 0.